The zero-order valence-corrected chi connectivity index (χ0v) is 16.3. The van der Waals surface area contributed by atoms with Crippen molar-refractivity contribution in [1.82, 2.24) is 14.9 Å². The van der Waals surface area contributed by atoms with E-state index in [-0.39, 0.29) is 16.6 Å². The molecule has 1 atom stereocenters. The Hall–Kier alpha value is -2.24. The Kier molecular flexibility index (Phi) is 6.24. The van der Waals surface area contributed by atoms with Gasteiger partial charge in [-0.05, 0) is 49.7 Å². The van der Waals surface area contributed by atoms with Crippen LogP contribution in [0.3, 0.4) is 0 Å². The molecule has 0 aliphatic rings. The molecule has 0 aliphatic heterocycles. The van der Waals surface area contributed by atoms with Crippen molar-refractivity contribution in [2.75, 3.05) is 6.54 Å². The fourth-order valence-electron chi connectivity index (χ4n) is 3.13. The van der Waals surface area contributed by atoms with Crippen LogP contribution in [0.1, 0.15) is 45.0 Å². The SMILES string of the molecule is CCCCNC(CC)c1nc2ccccc2c(=O)n1-c1ccc(F)c(Cl)c1. The van der Waals surface area contributed by atoms with Crippen molar-refractivity contribution >= 4 is 22.5 Å². The molecule has 27 heavy (non-hydrogen) atoms. The maximum atomic E-state index is 13.7. The number of para-hydroxylation sites is 1. The van der Waals surface area contributed by atoms with Crippen LogP contribution in [0.15, 0.2) is 47.3 Å². The number of benzene rings is 2. The van der Waals surface area contributed by atoms with Gasteiger partial charge < -0.3 is 5.32 Å². The number of hydrogen-bond acceptors (Lipinski definition) is 3. The lowest BCUT2D eigenvalue weighted by Crippen LogP contribution is -2.31. The Morgan fingerprint density at radius 2 is 2.00 bits per heavy atom. The molecule has 3 rings (SSSR count). The summed E-state index contributed by atoms with van der Waals surface area (Å²) in [4.78, 5) is 18.0. The van der Waals surface area contributed by atoms with E-state index in [4.69, 9.17) is 16.6 Å². The lowest BCUT2D eigenvalue weighted by Gasteiger charge is -2.22. The lowest BCUT2D eigenvalue weighted by molar-refractivity contribution is 0.476. The van der Waals surface area contributed by atoms with E-state index >= 15 is 0 Å². The van der Waals surface area contributed by atoms with Gasteiger partial charge in [0.15, 0.2) is 0 Å². The summed E-state index contributed by atoms with van der Waals surface area (Å²) in [6.07, 6.45) is 2.88. The van der Waals surface area contributed by atoms with E-state index in [1.807, 2.05) is 25.1 Å². The number of unbranched alkanes of at least 4 members (excludes halogenated alkanes) is 1. The van der Waals surface area contributed by atoms with E-state index in [1.165, 1.54) is 12.1 Å². The van der Waals surface area contributed by atoms with Gasteiger partial charge in [-0.3, -0.25) is 9.36 Å². The molecule has 0 aliphatic carbocycles. The zero-order chi connectivity index (χ0) is 19.4. The minimum Gasteiger partial charge on any atom is -0.307 e. The average molecular weight is 388 g/mol. The first-order valence-electron chi connectivity index (χ1n) is 9.27. The highest BCUT2D eigenvalue weighted by Gasteiger charge is 2.20. The van der Waals surface area contributed by atoms with Crippen molar-refractivity contribution < 1.29 is 4.39 Å². The highest BCUT2D eigenvalue weighted by molar-refractivity contribution is 6.30. The molecule has 2 aromatic carbocycles. The van der Waals surface area contributed by atoms with Crippen molar-refractivity contribution in [1.29, 1.82) is 0 Å². The minimum atomic E-state index is -0.517. The smallest absolute Gasteiger partial charge is 0.266 e. The van der Waals surface area contributed by atoms with Gasteiger partial charge in [-0.15, -0.1) is 0 Å². The van der Waals surface area contributed by atoms with Crippen LogP contribution in [-0.2, 0) is 0 Å². The average Bonchev–Trinajstić information content (AvgIpc) is 2.68. The molecule has 1 N–H and O–H groups in total. The quantitative estimate of drug-likeness (QED) is 0.579. The minimum absolute atomic E-state index is 0.0227. The Bertz CT molecular complexity index is 1000. The third-order valence-corrected chi connectivity index (χ3v) is 4.89. The first kappa shape index (κ1) is 19.5. The molecule has 0 spiro atoms. The Morgan fingerprint density at radius 3 is 2.70 bits per heavy atom. The van der Waals surface area contributed by atoms with Gasteiger partial charge in [0.25, 0.3) is 5.56 Å². The van der Waals surface area contributed by atoms with Gasteiger partial charge in [0.05, 0.1) is 27.7 Å². The molecule has 0 radical (unpaired) electrons. The normalized spacial score (nSPS) is 12.4. The second kappa shape index (κ2) is 8.63. The van der Waals surface area contributed by atoms with Crippen molar-refractivity contribution in [3.05, 3.63) is 69.5 Å². The number of fused-ring (bicyclic) bond motifs is 1. The van der Waals surface area contributed by atoms with Crippen molar-refractivity contribution in [2.24, 2.45) is 0 Å². The monoisotopic (exact) mass is 387 g/mol. The van der Waals surface area contributed by atoms with Gasteiger partial charge in [-0.1, -0.05) is 44.0 Å². The van der Waals surface area contributed by atoms with Crippen LogP contribution in [-0.4, -0.2) is 16.1 Å². The first-order valence-corrected chi connectivity index (χ1v) is 9.65. The second-order valence-electron chi connectivity index (χ2n) is 6.49. The standard InChI is InChI=1S/C21H23ClFN3O/c1-3-5-12-24-18(4-2)20-25-19-9-7-6-8-15(19)21(27)26(20)14-10-11-17(23)16(22)13-14/h6-11,13,18,24H,3-5,12H2,1-2H3. The molecule has 0 saturated heterocycles. The van der Waals surface area contributed by atoms with Crippen LogP contribution in [0, 0.1) is 5.82 Å². The predicted molar refractivity (Wildman–Crippen MR) is 108 cm³/mol. The largest absolute Gasteiger partial charge is 0.307 e. The summed E-state index contributed by atoms with van der Waals surface area (Å²) in [6.45, 7) is 5.02. The van der Waals surface area contributed by atoms with E-state index in [0.29, 0.717) is 22.4 Å². The molecule has 4 nitrogen and oxygen atoms in total. The van der Waals surface area contributed by atoms with Crippen molar-refractivity contribution in [3.63, 3.8) is 0 Å². The number of nitrogens with zero attached hydrogens (tertiary/aromatic N) is 2. The van der Waals surface area contributed by atoms with Gasteiger partial charge in [0.2, 0.25) is 0 Å². The summed E-state index contributed by atoms with van der Waals surface area (Å²) in [5, 5.41) is 3.98. The van der Waals surface area contributed by atoms with Crippen LogP contribution in [0.4, 0.5) is 4.39 Å². The van der Waals surface area contributed by atoms with Crippen LogP contribution >= 0.6 is 11.6 Å². The molecule has 0 fully saturated rings. The Morgan fingerprint density at radius 1 is 1.22 bits per heavy atom. The fraction of sp³-hybridized carbons (Fsp3) is 0.333. The summed E-state index contributed by atoms with van der Waals surface area (Å²) in [5.41, 5.74) is 0.974. The number of aromatic nitrogens is 2. The molecule has 0 amide bonds. The molecule has 0 bridgehead atoms. The molecule has 142 valence electrons. The van der Waals surface area contributed by atoms with Gasteiger partial charge in [0.1, 0.15) is 11.6 Å². The molecular weight excluding hydrogens is 365 g/mol. The van der Waals surface area contributed by atoms with E-state index in [1.54, 1.807) is 16.7 Å². The van der Waals surface area contributed by atoms with Crippen LogP contribution < -0.4 is 10.9 Å². The molecule has 1 aromatic heterocycles. The second-order valence-corrected chi connectivity index (χ2v) is 6.90. The summed E-state index contributed by atoms with van der Waals surface area (Å²) >= 11 is 5.98. The Labute approximate surface area is 163 Å². The maximum absolute atomic E-state index is 13.7. The van der Waals surface area contributed by atoms with Crippen LogP contribution in [0.25, 0.3) is 16.6 Å². The highest BCUT2D eigenvalue weighted by atomic mass is 35.5. The third-order valence-electron chi connectivity index (χ3n) is 4.60. The van der Waals surface area contributed by atoms with E-state index in [9.17, 15) is 9.18 Å². The highest BCUT2D eigenvalue weighted by Crippen LogP contribution is 2.23. The maximum Gasteiger partial charge on any atom is 0.266 e. The Balaban J connectivity index is 2.23. The van der Waals surface area contributed by atoms with Crippen LogP contribution in [0.5, 0.6) is 0 Å². The van der Waals surface area contributed by atoms with Crippen molar-refractivity contribution in [2.45, 2.75) is 39.2 Å². The van der Waals surface area contributed by atoms with Gasteiger partial charge in [-0.2, -0.15) is 0 Å². The lowest BCUT2D eigenvalue weighted by atomic mass is 10.1. The summed E-state index contributed by atoms with van der Waals surface area (Å²) in [5.74, 6) is 0.0943. The van der Waals surface area contributed by atoms with E-state index in [0.717, 1.165) is 25.8 Å². The zero-order valence-electron chi connectivity index (χ0n) is 15.5. The van der Waals surface area contributed by atoms with E-state index in [2.05, 4.69) is 12.2 Å². The molecule has 1 heterocycles. The summed E-state index contributed by atoms with van der Waals surface area (Å²) in [7, 11) is 0. The molecule has 0 saturated carbocycles. The predicted octanol–water partition coefficient (Wildman–Crippen LogP) is 5.02. The fourth-order valence-corrected chi connectivity index (χ4v) is 3.30. The third kappa shape index (κ3) is 4.04. The number of nitrogens with one attached hydrogen (secondary N) is 1. The van der Waals surface area contributed by atoms with Crippen molar-refractivity contribution in [3.8, 4) is 5.69 Å². The number of rotatable bonds is 7. The molecule has 3 aromatic rings. The number of hydrogen-bond donors (Lipinski definition) is 1. The molecule has 1 unspecified atom stereocenters. The number of halogens is 2. The van der Waals surface area contributed by atoms with Gasteiger partial charge in [-0.25, -0.2) is 9.37 Å². The summed E-state index contributed by atoms with van der Waals surface area (Å²) < 4.78 is 15.2. The van der Waals surface area contributed by atoms with Crippen LogP contribution in [0.2, 0.25) is 5.02 Å². The first-order chi connectivity index (χ1) is 13.1. The summed E-state index contributed by atoms with van der Waals surface area (Å²) in [6, 6.07) is 11.5. The van der Waals surface area contributed by atoms with E-state index < -0.39 is 5.82 Å². The molecular formula is C21H23ClFN3O. The topological polar surface area (TPSA) is 46.9 Å². The molecule has 6 heteroatoms. The van der Waals surface area contributed by atoms with Gasteiger partial charge >= 0.3 is 0 Å². The van der Waals surface area contributed by atoms with Gasteiger partial charge in [0, 0.05) is 0 Å².